The number of aryl methyl sites for hydroxylation is 2. The molecule has 1 unspecified atom stereocenters. The van der Waals surface area contributed by atoms with Crippen LogP contribution in [0.15, 0.2) is 66.0 Å². The molecular formula is C33H49N4O4P. The Kier molecular flexibility index (Phi) is 17.1. The minimum atomic E-state index is -1.12. The third-order valence-electron chi connectivity index (χ3n) is 6.56. The zero-order chi connectivity index (χ0) is 31.7. The molecule has 1 aliphatic heterocycles. The smallest absolute Gasteiger partial charge is 0.322 e. The predicted molar refractivity (Wildman–Crippen MR) is 175 cm³/mol. The summed E-state index contributed by atoms with van der Waals surface area (Å²) in [5.41, 5.74) is 4.94. The highest BCUT2D eigenvalue weighted by Crippen LogP contribution is 2.36. The summed E-state index contributed by atoms with van der Waals surface area (Å²) in [6.45, 7) is 11.7. The lowest BCUT2D eigenvalue weighted by Gasteiger charge is -2.35. The van der Waals surface area contributed by atoms with Gasteiger partial charge in [0.1, 0.15) is 12.4 Å². The topological polar surface area (TPSA) is 125 Å². The number of carbonyl (C=O) groups is 3. The molecule has 230 valence electrons. The Morgan fingerprint density at radius 2 is 1.60 bits per heavy atom. The molecule has 4 rings (SSSR count). The second kappa shape index (κ2) is 19.6. The molecule has 2 amide bonds. The first-order valence-corrected chi connectivity index (χ1v) is 15.4. The number of carbonyl (C=O) groups excluding carboxylic acids is 2. The van der Waals surface area contributed by atoms with Gasteiger partial charge in [-0.15, -0.1) is 9.24 Å². The highest BCUT2D eigenvalue weighted by Gasteiger charge is 2.35. The average Bonchev–Trinajstić information content (AvgIpc) is 3.01. The quantitative estimate of drug-likeness (QED) is 0.196. The zero-order valence-corrected chi connectivity index (χ0v) is 27.2. The molecule has 2 aromatic carbocycles. The number of aliphatic carboxylic acids is 1. The number of rotatable bonds is 6. The van der Waals surface area contributed by atoms with E-state index in [0.717, 1.165) is 47.3 Å². The molecule has 0 bridgehead atoms. The Labute approximate surface area is 254 Å². The van der Waals surface area contributed by atoms with Crippen molar-refractivity contribution >= 4 is 38.0 Å². The van der Waals surface area contributed by atoms with E-state index in [4.69, 9.17) is 10.9 Å². The number of amides is 2. The summed E-state index contributed by atoms with van der Waals surface area (Å²) in [7, 11) is 2.65. The van der Waals surface area contributed by atoms with E-state index < -0.39 is 18.4 Å². The van der Waals surface area contributed by atoms with Crippen LogP contribution in [0, 0.1) is 19.8 Å². The Hall–Kier alpha value is -3.48. The van der Waals surface area contributed by atoms with Gasteiger partial charge in [-0.1, -0.05) is 101 Å². The van der Waals surface area contributed by atoms with Gasteiger partial charge in [0.15, 0.2) is 0 Å². The number of hydrogen-bond donors (Lipinski definition) is 4. The predicted octanol–water partition coefficient (Wildman–Crippen LogP) is 5.57. The normalized spacial score (nSPS) is 15.7. The Bertz CT molecular complexity index is 1200. The molecule has 5 N–H and O–H groups in total. The molecular weight excluding hydrogens is 547 g/mol. The van der Waals surface area contributed by atoms with Crippen LogP contribution in [0.3, 0.4) is 0 Å². The molecule has 1 atom stereocenters. The van der Waals surface area contributed by atoms with Crippen molar-refractivity contribution in [1.29, 1.82) is 0 Å². The average molecular weight is 597 g/mol. The van der Waals surface area contributed by atoms with Crippen LogP contribution in [0.1, 0.15) is 82.9 Å². The second-order valence-electron chi connectivity index (χ2n) is 9.67. The van der Waals surface area contributed by atoms with E-state index in [9.17, 15) is 14.4 Å². The fraction of sp³-hybridized carbons (Fsp3) is 0.424. The van der Waals surface area contributed by atoms with Crippen molar-refractivity contribution in [3.63, 3.8) is 0 Å². The van der Waals surface area contributed by atoms with Crippen LogP contribution in [0.25, 0.3) is 5.70 Å². The minimum Gasteiger partial charge on any atom is -0.480 e. The van der Waals surface area contributed by atoms with E-state index >= 15 is 0 Å². The molecule has 0 saturated heterocycles. The summed E-state index contributed by atoms with van der Waals surface area (Å²) < 4.78 is 0. The van der Waals surface area contributed by atoms with Crippen molar-refractivity contribution in [2.45, 2.75) is 80.1 Å². The highest BCUT2D eigenvalue weighted by atomic mass is 31.0. The number of carboxylic acid groups (broad SMARTS) is 1. The Morgan fingerprint density at radius 3 is 2.12 bits per heavy atom. The van der Waals surface area contributed by atoms with Crippen molar-refractivity contribution < 1.29 is 19.5 Å². The first kappa shape index (κ1) is 36.5. The first-order chi connectivity index (χ1) is 20.2. The number of nitrogens with one attached hydrogen (secondary N) is 2. The molecule has 1 fully saturated rings. The van der Waals surface area contributed by atoms with Crippen molar-refractivity contribution in [2.75, 3.05) is 6.54 Å². The maximum atomic E-state index is 13.2. The van der Waals surface area contributed by atoms with Crippen molar-refractivity contribution in [3.05, 3.63) is 82.7 Å². The van der Waals surface area contributed by atoms with E-state index in [1.165, 1.54) is 23.6 Å². The van der Waals surface area contributed by atoms with Crippen LogP contribution in [0.4, 0.5) is 0 Å². The lowest BCUT2D eigenvalue weighted by atomic mass is 9.81. The maximum absolute atomic E-state index is 13.2. The van der Waals surface area contributed by atoms with Crippen molar-refractivity contribution in [2.24, 2.45) is 11.8 Å². The Balaban J connectivity index is 0.000000620. The van der Waals surface area contributed by atoms with Crippen LogP contribution in [0.5, 0.6) is 0 Å². The van der Waals surface area contributed by atoms with E-state index in [0.29, 0.717) is 11.4 Å². The van der Waals surface area contributed by atoms with Gasteiger partial charge in [0.05, 0.1) is 5.70 Å². The summed E-state index contributed by atoms with van der Waals surface area (Å²) >= 11 is 0. The summed E-state index contributed by atoms with van der Waals surface area (Å²) in [5.74, 6) is 4.65. The fourth-order valence-corrected chi connectivity index (χ4v) is 4.81. The zero-order valence-electron chi connectivity index (χ0n) is 26.0. The lowest BCUT2D eigenvalue weighted by molar-refractivity contribution is -0.137. The molecule has 42 heavy (non-hydrogen) atoms. The molecule has 1 aliphatic carbocycles. The SMILES string of the molecule is CC.CC.Cc1ccc(C)cc1.NN1C(=O)C(C2CCCCC2)=C(c2cccc(P)c2)N/C1=C/CC(=O)NCC(=O)O. The van der Waals surface area contributed by atoms with E-state index in [2.05, 4.69) is 58.0 Å². The number of hydrazine groups is 1. The monoisotopic (exact) mass is 596 g/mol. The number of carboxylic acids is 1. The largest absolute Gasteiger partial charge is 0.480 e. The van der Waals surface area contributed by atoms with Gasteiger partial charge in [-0.2, -0.15) is 0 Å². The second-order valence-corrected chi connectivity index (χ2v) is 10.3. The van der Waals surface area contributed by atoms with Gasteiger partial charge < -0.3 is 15.7 Å². The number of nitrogens with two attached hydrogens (primary N) is 1. The molecule has 2 aliphatic rings. The van der Waals surface area contributed by atoms with Gasteiger partial charge in [-0.05, 0) is 55.6 Å². The van der Waals surface area contributed by atoms with Crippen molar-refractivity contribution in [3.8, 4) is 0 Å². The summed E-state index contributed by atoms with van der Waals surface area (Å²) in [4.78, 5) is 35.7. The van der Waals surface area contributed by atoms with E-state index in [-0.39, 0.29) is 18.2 Å². The molecule has 0 aromatic heterocycles. The standard InChI is InChI=1S/C21H27N4O4P.C8H10.2C2H6/c22-25-16(9-10-17(26)23-12-18(27)28)24-20(14-7-4-8-15(30)11-14)19(21(25)29)13-5-2-1-3-6-13;1-7-3-5-8(2)6-4-7;2*1-2/h4,7-9,11,13,24H,1-3,5-6,10,12,22,30H2,(H,23,26)(H,27,28);3-6H,1-2H3;2*1-2H3/b16-9-;;;. The number of nitrogens with zero attached hydrogens (tertiary/aromatic N) is 1. The summed E-state index contributed by atoms with van der Waals surface area (Å²) in [6.07, 6.45) is 6.60. The van der Waals surface area contributed by atoms with Crippen LogP contribution in [-0.4, -0.2) is 34.4 Å². The molecule has 9 heteroatoms. The van der Waals surface area contributed by atoms with Crippen LogP contribution in [0.2, 0.25) is 0 Å². The van der Waals surface area contributed by atoms with Gasteiger partial charge in [0.25, 0.3) is 5.91 Å². The van der Waals surface area contributed by atoms with Gasteiger partial charge in [0, 0.05) is 12.0 Å². The van der Waals surface area contributed by atoms with E-state index in [1.54, 1.807) is 0 Å². The van der Waals surface area contributed by atoms with Crippen molar-refractivity contribution in [1.82, 2.24) is 15.6 Å². The van der Waals surface area contributed by atoms with Gasteiger partial charge in [-0.25, -0.2) is 10.9 Å². The van der Waals surface area contributed by atoms with Crippen LogP contribution >= 0.6 is 9.24 Å². The highest BCUT2D eigenvalue weighted by molar-refractivity contribution is 7.27. The van der Waals surface area contributed by atoms with Gasteiger partial charge >= 0.3 is 5.97 Å². The van der Waals surface area contributed by atoms with Gasteiger partial charge in [-0.3, -0.25) is 14.4 Å². The van der Waals surface area contributed by atoms with Crippen LogP contribution in [-0.2, 0) is 14.4 Å². The molecule has 2 aromatic rings. The third kappa shape index (κ3) is 11.8. The van der Waals surface area contributed by atoms with Gasteiger partial charge in [0.2, 0.25) is 5.91 Å². The molecule has 8 nitrogen and oxygen atoms in total. The molecule has 0 spiro atoms. The fourth-order valence-electron chi connectivity index (χ4n) is 4.52. The number of benzene rings is 2. The molecule has 1 saturated carbocycles. The maximum Gasteiger partial charge on any atom is 0.322 e. The first-order valence-electron chi connectivity index (χ1n) is 14.8. The molecule has 0 radical (unpaired) electrons. The Morgan fingerprint density at radius 1 is 1.02 bits per heavy atom. The third-order valence-corrected chi connectivity index (χ3v) is 6.91. The number of hydrogen-bond acceptors (Lipinski definition) is 5. The summed E-state index contributed by atoms with van der Waals surface area (Å²) in [6, 6.07) is 16.3. The summed E-state index contributed by atoms with van der Waals surface area (Å²) in [5, 5.41) is 16.3. The van der Waals surface area contributed by atoms with E-state index in [1.807, 2.05) is 52.0 Å². The van der Waals surface area contributed by atoms with Crippen LogP contribution < -0.4 is 21.8 Å². The minimum absolute atomic E-state index is 0.105. The lowest BCUT2D eigenvalue weighted by Crippen LogP contribution is -2.48. The molecule has 1 heterocycles.